The van der Waals surface area contributed by atoms with Crippen molar-refractivity contribution in [3.05, 3.63) is 35.9 Å². The molecule has 0 aliphatic heterocycles. The van der Waals surface area contributed by atoms with Gasteiger partial charge in [0.2, 0.25) is 0 Å². The molecule has 1 rings (SSSR count). The van der Waals surface area contributed by atoms with Gasteiger partial charge in [-0.15, -0.1) is 0 Å². The predicted octanol–water partition coefficient (Wildman–Crippen LogP) is -4.58. The Hall–Kier alpha value is 1.09. The van der Waals surface area contributed by atoms with E-state index in [4.69, 9.17) is 0 Å². The Balaban J connectivity index is -0.0000000612. The monoisotopic (exact) mass is 248 g/mol. The third kappa shape index (κ3) is 11.1. The van der Waals surface area contributed by atoms with Gasteiger partial charge in [-0.2, -0.15) is 35.9 Å². The quantitative estimate of drug-likeness (QED) is 0.321. The molecule has 0 atom stereocenters. The first-order valence-corrected chi connectivity index (χ1v) is 2.32. The fraction of sp³-hybridized carbons (Fsp3) is 0.143. The van der Waals surface area contributed by atoms with Crippen LogP contribution in [0.4, 0.5) is 0 Å². The summed E-state index contributed by atoms with van der Waals surface area (Å²) in [5, 5.41) is 0. The molecular weight excluding hydrogens is 243 g/mol. The van der Waals surface area contributed by atoms with Gasteiger partial charge >= 0.3 is 40.1 Å². The Bertz CT molecular complexity index is 146. The van der Waals surface area contributed by atoms with Crippen molar-refractivity contribution < 1.29 is 41.9 Å². The second-order valence-corrected chi connectivity index (χ2v) is 1.58. The number of aryl methyl sites for hydroxylation is 1. The van der Waals surface area contributed by atoms with E-state index in [0.29, 0.717) is 0 Å². The van der Waals surface area contributed by atoms with Crippen molar-refractivity contribution in [1.29, 1.82) is 0 Å². The van der Waals surface area contributed by atoms with Crippen LogP contribution in [0.3, 0.4) is 0 Å². The SMILES string of the molecule is Cc1cc[c-]cc1.[Cl-].[Cl-].[Cu+].[Mg+2]. The molecule has 0 unspecified atom stereocenters. The summed E-state index contributed by atoms with van der Waals surface area (Å²) in [5.74, 6) is 0. The van der Waals surface area contributed by atoms with Gasteiger partial charge in [0.1, 0.15) is 0 Å². The molecule has 11 heavy (non-hydrogen) atoms. The number of hydrogen-bond acceptors (Lipinski definition) is 0. The van der Waals surface area contributed by atoms with Crippen molar-refractivity contribution in [3.8, 4) is 0 Å². The van der Waals surface area contributed by atoms with Gasteiger partial charge < -0.3 is 24.8 Å². The van der Waals surface area contributed by atoms with Crippen molar-refractivity contribution in [1.82, 2.24) is 0 Å². The Kier molecular flexibility index (Phi) is 28.2. The minimum Gasteiger partial charge on any atom is -1.00 e. The topological polar surface area (TPSA) is 0 Å². The normalized spacial score (nSPS) is 5.55. The van der Waals surface area contributed by atoms with Crippen LogP contribution in [-0.2, 0) is 17.1 Å². The first-order valence-electron chi connectivity index (χ1n) is 2.32. The van der Waals surface area contributed by atoms with Crippen LogP contribution >= 0.6 is 0 Å². The fourth-order valence-corrected chi connectivity index (χ4v) is 0.470. The summed E-state index contributed by atoms with van der Waals surface area (Å²) in [6.45, 7) is 2.06. The van der Waals surface area contributed by atoms with E-state index >= 15 is 0 Å². The third-order valence-electron chi connectivity index (χ3n) is 0.885. The largest absolute Gasteiger partial charge is 2.00 e. The zero-order valence-corrected chi connectivity index (χ0v) is 9.94. The average molecular weight is 250 g/mol. The van der Waals surface area contributed by atoms with E-state index in [1.807, 2.05) is 24.3 Å². The molecule has 0 saturated heterocycles. The summed E-state index contributed by atoms with van der Waals surface area (Å²) in [4.78, 5) is 0. The van der Waals surface area contributed by atoms with Gasteiger partial charge in [-0.1, -0.05) is 6.92 Å². The summed E-state index contributed by atoms with van der Waals surface area (Å²) >= 11 is 0. The molecule has 0 aromatic heterocycles. The molecule has 0 N–H and O–H groups in total. The van der Waals surface area contributed by atoms with E-state index < -0.39 is 0 Å². The van der Waals surface area contributed by atoms with E-state index in [1.54, 1.807) is 0 Å². The van der Waals surface area contributed by atoms with Crippen LogP contribution in [-0.4, -0.2) is 23.1 Å². The van der Waals surface area contributed by atoms with Crippen molar-refractivity contribution in [2.75, 3.05) is 0 Å². The molecular formula is C7H7Cl2CuMg. The molecule has 0 nitrogen and oxygen atoms in total. The van der Waals surface area contributed by atoms with Crippen LogP contribution in [0.15, 0.2) is 24.3 Å². The third-order valence-corrected chi connectivity index (χ3v) is 0.885. The van der Waals surface area contributed by atoms with Gasteiger partial charge in [0, 0.05) is 0 Å². The minimum absolute atomic E-state index is 0. The molecule has 0 spiro atoms. The number of benzene rings is 1. The van der Waals surface area contributed by atoms with Gasteiger partial charge in [0.15, 0.2) is 0 Å². The molecule has 62 valence electrons. The van der Waals surface area contributed by atoms with Crippen LogP contribution in [0.1, 0.15) is 5.56 Å². The molecule has 0 aliphatic carbocycles. The zero-order valence-electron chi connectivity index (χ0n) is 6.07. The Morgan fingerprint density at radius 3 is 1.64 bits per heavy atom. The maximum Gasteiger partial charge on any atom is 2.00 e. The first-order chi connectivity index (χ1) is 3.39. The molecule has 1 aromatic rings. The molecule has 1 aromatic carbocycles. The fourth-order valence-electron chi connectivity index (χ4n) is 0.470. The molecule has 0 heterocycles. The molecule has 0 radical (unpaired) electrons. The first kappa shape index (κ1) is 22.7. The van der Waals surface area contributed by atoms with E-state index in [0.717, 1.165) is 0 Å². The standard InChI is InChI=1S/C7H7.2ClH.Cu.Mg/c1-7-5-3-2-4-6-7;;;;/h3-6H,1H3;2*1H;;/q-1;;;+1;+2/p-2. The maximum absolute atomic E-state index is 2.93. The van der Waals surface area contributed by atoms with Gasteiger partial charge in [0.25, 0.3) is 0 Å². The van der Waals surface area contributed by atoms with E-state index in [1.165, 1.54) is 5.56 Å². The number of hydrogen-bond donors (Lipinski definition) is 0. The predicted molar refractivity (Wildman–Crippen MR) is 35.8 cm³/mol. The molecule has 0 saturated carbocycles. The summed E-state index contributed by atoms with van der Waals surface area (Å²) in [6.07, 6.45) is 0. The Morgan fingerprint density at radius 2 is 1.45 bits per heavy atom. The molecule has 0 aliphatic rings. The van der Waals surface area contributed by atoms with Crippen LogP contribution in [0.25, 0.3) is 0 Å². The molecule has 0 bridgehead atoms. The van der Waals surface area contributed by atoms with Crippen molar-refractivity contribution in [3.63, 3.8) is 0 Å². The molecule has 0 amide bonds. The second kappa shape index (κ2) is 13.7. The zero-order chi connectivity index (χ0) is 5.11. The van der Waals surface area contributed by atoms with Crippen LogP contribution in [0, 0.1) is 13.0 Å². The maximum atomic E-state index is 2.93. The summed E-state index contributed by atoms with van der Waals surface area (Å²) in [6, 6.07) is 10.8. The van der Waals surface area contributed by atoms with Gasteiger partial charge in [0.05, 0.1) is 0 Å². The van der Waals surface area contributed by atoms with Gasteiger partial charge in [-0.3, -0.25) is 0 Å². The van der Waals surface area contributed by atoms with Crippen molar-refractivity contribution in [2.24, 2.45) is 0 Å². The number of rotatable bonds is 0. The smallest absolute Gasteiger partial charge is 1.00 e. The van der Waals surface area contributed by atoms with Gasteiger partial charge in [-0.05, 0) is 0 Å². The Labute approximate surface area is 107 Å². The summed E-state index contributed by atoms with van der Waals surface area (Å²) < 4.78 is 0. The van der Waals surface area contributed by atoms with E-state index in [-0.39, 0.29) is 64.9 Å². The van der Waals surface area contributed by atoms with Crippen LogP contribution in [0.5, 0.6) is 0 Å². The molecule has 4 heteroatoms. The summed E-state index contributed by atoms with van der Waals surface area (Å²) in [7, 11) is 0. The van der Waals surface area contributed by atoms with E-state index in [2.05, 4.69) is 13.0 Å². The van der Waals surface area contributed by atoms with Crippen molar-refractivity contribution in [2.45, 2.75) is 6.92 Å². The van der Waals surface area contributed by atoms with Crippen LogP contribution < -0.4 is 24.8 Å². The van der Waals surface area contributed by atoms with E-state index in [9.17, 15) is 0 Å². The van der Waals surface area contributed by atoms with Crippen LogP contribution in [0.2, 0.25) is 0 Å². The van der Waals surface area contributed by atoms with Gasteiger partial charge in [-0.25, -0.2) is 0 Å². The average Bonchev–Trinajstić information content (AvgIpc) is 1.69. The minimum atomic E-state index is 0. The van der Waals surface area contributed by atoms with Crippen molar-refractivity contribution >= 4 is 23.1 Å². The Morgan fingerprint density at radius 1 is 1.09 bits per heavy atom. The second-order valence-electron chi connectivity index (χ2n) is 1.58. The number of halogens is 2. The molecule has 0 fully saturated rings. The summed E-state index contributed by atoms with van der Waals surface area (Å²) in [5.41, 5.74) is 1.29.